The highest BCUT2D eigenvalue weighted by molar-refractivity contribution is 6.04. The van der Waals surface area contributed by atoms with Crippen molar-refractivity contribution in [2.75, 3.05) is 6.54 Å². The second kappa shape index (κ2) is 10.8. The third-order valence-electron chi connectivity index (χ3n) is 11.4. The highest BCUT2D eigenvalue weighted by Crippen LogP contribution is 2.67. The lowest BCUT2D eigenvalue weighted by Crippen LogP contribution is -2.61. The Morgan fingerprint density at radius 3 is 2.60 bits per heavy atom. The molecule has 5 rings (SSSR count). The summed E-state index contributed by atoms with van der Waals surface area (Å²) in [5.74, 6) is -1.25. The number of nitrogens with one attached hydrogen (secondary N) is 2. The van der Waals surface area contributed by atoms with Crippen LogP contribution >= 0.6 is 0 Å². The smallest absolute Gasteiger partial charge is 0.242 e. The molecule has 4 aliphatic carbocycles. The first-order valence-corrected chi connectivity index (χ1v) is 15.2. The van der Waals surface area contributed by atoms with Crippen LogP contribution in [0.5, 0.6) is 0 Å². The Hall–Kier alpha value is -2.39. The summed E-state index contributed by atoms with van der Waals surface area (Å²) < 4.78 is 0. The highest BCUT2D eigenvalue weighted by Gasteiger charge is 2.68. The molecular formula is C31H44N2O7. The first-order valence-electron chi connectivity index (χ1n) is 15.2. The van der Waals surface area contributed by atoms with Gasteiger partial charge in [-0.05, 0) is 87.0 Å². The summed E-state index contributed by atoms with van der Waals surface area (Å²) >= 11 is 0. The Morgan fingerprint density at radius 2 is 1.82 bits per heavy atom. The number of amides is 2. The molecule has 40 heavy (non-hydrogen) atoms. The molecule has 0 spiro atoms. The minimum absolute atomic E-state index is 0.0215. The van der Waals surface area contributed by atoms with E-state index in [4.69, 9.17) is 0 Å². The van der Waals surface area contributed by atoms with Crippen molar-refractivity contribution in [3.8, 4) is 0 Å². The lowest BCUT2D eigenvalue weighted by molar-refractivity contribution is -0.180. The van der Waals surface area contributed by atoms with Gasteiger partial charge in [-0.2, -0.15) is 0 Å². The topological polar surface area (TPSA) is 150 Å². The summed E-state index contributed by atoms with van der Waals surface area (Å²) in [7, 11) is 0. The van der Waals surface area contributed by atoms with Crippen molar-refractivity contribution in [2.45, 2.75) is 115 Å². The fourth-order valence-corrected chi connectivity index (χ4v) is 9.16. The van der Waals surface area contributed by atoms with Crippen molar-refractivity contribution in [2.24, 2.45) is 28.6 Å². The maximum Gasteiger partial charge on any atom is 0.242 e. The third-order valence-corrected chi connectivity index (χ3v) is 11.4. The van der Waals surface area contributed by atoms with Gasteiger partial charge in [-0.25, -0.2) is 0 Å². The van der Waals surface area contributed by atoms with Crippen LogP contribution in [-0.2, 0) is 24.0 Å². The Labute approximate surface area is 235 Å². The van der Waals surface area contributed by atoms with Gasteiger partial charge < -0.3 is 20.8 Å². The number of aliphatic hydroxyl groups is 2. The van der Waals surface area contributed by atoms with Crippen LogP contribution in [-0.4, -0.2) is 63.7 Å². The average Bonchev–Trinajstić information content (AvgIpc) is 3.02. The largest absolute Gasteiger partial charge is 0.393 e. The van der Waals surface area contributed by atoms with Crippen molar-refractivity contribution in [3.63, 3.8) is 0 Å². The monoisotopic (exact) mass is 556 g/mol. The lowest BCUT2D eigenvalue weighted by atomic mass is 9.45. The molecule has 0 unspecified atom stereocenters. The number of fused-ring (bicyclic) bond motifs is 5. The fourth-order valence-electron chi connectivity index (χ4n) is 9.16. The molecule has 2 amide bonds. The SMILES string of the molecule is C[C@]12CCC(=O)C=C1CC[C@H]1[C@H]2[C@@H](O)C[C@@]2(C)[C@@H]1CC[C@]2(O)C(=O)CC(=O)CCC(=O)N[C@H]1CCCCNC1=O. The Kier molecular flexibility index (Phi) is 7.85. The minimum atomic E-state index is -1.71. The van der Waals surface area contributed by atoms with Crippen molar-refractivity contribution >= 4 is 29.2 Å². The van der Waals surface area contributed by atoms with Crippen LogP contribution in [0.1, 0.15) is 97.3 Å². The number of hydrogen-bond acceptors (Lipinski definition) is 7. The van der Waals surface area contributed by atoms with Gasteiger partial charge in [0.15, 0.2) is 11.6 Å². The van der Waals surface area contributed by atoms with E-state index >= 15 is 0 Å². The van der Waals surface area contributed by atoms with E-state index in [2.05, 4.69) is 17.6 Å². The predicted molar refractivity (Wildman–Crippen MR) is 146 cm³/mol. The van der Waals surface area contributed by atoms with Crippen LogP contribution in [0.4, 0.5) is 0 Å². The van der Waals surface area contributed by atoms with Gasteiger partial charge in [0.2, 0.25) is 11.8 Å². The van der Waals surface area contributed by atoms with E-state index in [0.717, 1.165) is 37.7 Å². The molecule has 0 aromatic heterocycles. The number of rotatable bonds is 7. The van der Waals surface area contributed by atoms with Crippen molar-refractivity contribution in [1.82, 2.24) is 10.6 Å². The molecule has 3 saturated carbocycles. The number of hydrogen-bond donors (Lipinski definition) is 4. The summed E-state index contributed by atoms with van der Waals surface area (Å²) in [5.41, 5.74) is -1.68. The Bertz CT molecular complexity index is 1130. The third kappa shape index (κ3) is 4.87. The zero-order chi connectivity index (χ0) is 28.9. The number of ketones is 3. The quantitative estimate of drug-likeness (QED) is 0.352. The number of Topliss-reactive ketones (excluding diaryl/α,β-unsaturated/α-hetero) is 2. The summed E-state index contributed by atoms with van der Waals surface area (Å²) in [4.78, 5) is 62.9. The standard InChI is InChI=1S/C31H44N2O7/c1-29-12-10-20(35)15-18(29)6-8-21-22-11-13-31(40,30(22,2)17-24(36)27(21)29)25(37)16-19(34)7-9-26(38)33-23-5-3-4-14-32-28(23)39/h15,21-24,27,36,40H,3-14,16-17H2,1-2H3,(H,32,39)(H,33,38)/t21-,22-,23+,24+,27+,29+,30+,31+/m1/s1. The number of carbonyl (C=O) groups is 5. The molecule has 9 heteroatoms. The van der Waals surface area contributed by atoms with Crippen molar-refractivity contribution in [3.05, 3.63) is 11.6 Å². The molecule has 1 saturated heterocycles. The van der Waals surface area contributed by atoms with Gasteiger partial charge in [0.1, 0.15) is 17.4 Å². The van der Waals surface area contributed by atoms with Gasteiger partial charge in [-0.1, -0.05) is 19.4 Å². The summed E-state index contributed by atoms with van der Waals surface area (Å²) in [6.45, 7) is 4.65. The van der Waals surface area contributed by atoms with Crippen LogP contribution in [0.25, 0.3) is 0 Å². The van der Waals surface area contributed by atoms with E-state index in [9.17, 15) is 34.2 Å². The number of carbonyl (C=O) groups excluding carboxylic acids is 5. The van der Waals surface area contributed by atoms with Gasteiger partial charge in [-0.15, -0.1) is 0 Å². The first kappa shape index (κ1) is 29.1. The van der Waals surface area contributed by atoms with Crippen LogP contribution < -0.4 is 10.6 Å². The maximum atomic E-state index is 13.5. The maximum absolute atomic E-state index is 13.5. The number of aliphatic hydroxyl groups excluding tert-OH is 1. The van der Waals surface area contributed by atoms with Crippen LogP contribution in [0.2, 0.25) is 0 Å². The van der Waals surface area contributed by atoms with Gasteiger partial charge in [0.05, 0.1) is 12.5 Å². The van der Waals surface area contributed by atoms with Gasteiger partial charge in [-0.3, -0.25) is 24.0 Å². The Morgan fingerprint density at radius 1 is 1.05 bits per heavy atom. The zero-order valence-corrected chi connectivity index (χ0v) is 23.8. The van der Waals surface area contributed by atoms with E-state index in [1.54, 1.807) is 6.08 Å². The molecule has 5 aliphatic rings. The van der Waals surface area contributed by atoms with Crippen LogP contribution in [0.15, 0.2) is 11.6 Å². The Balaban J connectivity index is 1.22. The van der Waals surface area contributed by atoms with Crippen molar-refractivity contribution < 1.29 is 34.2 Å². The molecule has 0 bridgehead atoms. The van der Waals surface area contributed by atoms with Crippen LogP contribution in [0, 0.1) is 28.6 Å². The predicted octanol–water partition coefficient (Wildman–Crippen LogP) is 2.31. The summed E-state index contributed by atoms with van der Waals surface area (Å²) in [6, 6.07) is -0.605. The average molecular weight is 557 g/mol. The van der Waals surface area contributed by atoms with E-state index in [1.807, 2.05) is 6.92 Å². The lowest BCUT2D eigenvalue weighted by Gasteiger charge is -2.60. The molecule has 1 aliphatic heterocycles. The summed E-state index contributed by atoms with van der Waals surface area (Å²) in [5, 5.41) is 28.8. The van der Waals surface area contributed by atoms with Gasteiger partial charge in [0, 0.05) is 31.2 Å². The first-order chi connectivity index (χ1) is 18.9. The molecular weight excluding hydrogens is 512 g/mol. The molecule has 9 nitrogen and oxygen atoms in total. The minimum Gasteiger partial charge on any atom is -0.393 e. The van der Waals surface area contributed by atoms with E-state index < -0.39 is 47.1 Å². The fraction of sp³-hybridized carbons (Fsp3) is 0.774. The van der Waals surface area contributed by atoms with Crippen LogP contribution in [0.3, 0.4) is 0 Å². The zero-order valence-electron chi connectivity index (χ0n) is 23.8. The van der Waals surface area contributed by atoms with Gasteiger partial charge in [0.25, 0.3) is 0 Å². The van der Waals surface area contributed by atoms with E-state index in [-0.39, 0.29) is 60.5 Å². The number of allylic oxidation sites excluding steroid dienone is 1. The molecule has 4 N–H and O–H groups in total. The normalized spacial score (nSPS) is 41.0. The molecule has 4 fully saturated rings. The molecule has 8 atom stereocenters. The van der Waals surface area contributed by atoms with E-state index in [0.29, 0.717) is 25.8 Å². The molecule has 0 aromatic carbocycles. The van der Waals surface area contributed by atoms with Gasteiger partial charge >= 0.3 is 0 Å². The van der Waals surface area contributed by atoms with Crippen molar-refractivity contribution in [1.29, 1.82) is 0 Å². The molecule has 0 radical (unpaired) electrons. The molecule has 0 aromatic rings. The highest BCUT2D eigenvalue weighted by atomic mass is 16.3. The second-order valence-corrected chi connectivity index (χ2v) is 13.5. The second-order valence-electron chi connectivity index (χ2n) is 13.5. The molecule has 1 heterocycles. The molecule has 220 valence electrons. The van der Waals surface area contributed by atoms with E-state index in [1.165, 1.54) is 0 Å². The summed E-state index contributed by atoms with van der Waals surface area (Å²) in [6.07, 6.45) is 6.58.